The number of hydrogen-bond acceptors (Lipinski definition) is 3. The van der Waals surface area contributed by atoms with Crippen molar-refractivity contribution in [3.05, 3.63) is 36.9 Å². The van der Waals surface area contributed by atoms with Gasteiger partial charge in [-0.05, 0) is 12.1 Å². The predicted molar refractivity (Wildman–Crippen MR) is 76.6 cm³/mol. The van der Waals surface area contributed by atoms with Crippen molar-refractivity contribution in [3.63, 3.8) is 0 Å². The van der Waals surface area contributed by atoms with E-state index in [9.17, 15) is 14.7 Å². The van der Waals surface area contributed by atoms with Crippen LogP contribution in [0.2, 0.25) is 0 Å². The summed E-state index contributed by atoms with van der Waals surface area (Å²) in [5.74, 6) is -0.741. The van der Waals surface area contributed by atoms with Gasteiger partial charge in [0, 0.05) is 6.92 Å². The second kappa shape index (κ2) is 6.08. The Morgan fingerprint density at radius 3 is 2.52 bits per heavy atom. The fraction of sp³-hybridized carbons (Fsp3) is 0.214. The first-order valence-electron chi connectivity index (χ1n) is 6.36. The second-order valence-corrected chi connectivity index (χ2v) is 4.68. The number of phenolic OH excluding ortho intramolecular Hbond substituents is 1. The van der Waals surface area contributed by atoms with Gasteiger partial charge in [0.15, 0.2) is 12.3 Å². The highest BCUT2D eigenvalue weighted by atomic mass is 16.3. The monoisotopic (exact) mass is 289 g/mol. The van der Waals surface area contributed by atoms with Crippen molar-refractivity contribution >= 4 is 23.2 Å². The van der Waals surface area contributed by atoms with Crippen LogP contribution in [0.1, 0.15) is 6.92 Å². The van der Waals surface area contributed by atoms with E-state index in [1.54, 1.807) is 35.3 Å². The minimum absolute atomic E-state index is 0.130. The number of aromatic nitrogens is 2. The summed E-state index contributed by atoms with van der Waals surface area (Å²) in [4.78, 5) is 23.0. The number of amides is 2. The lowest BCUT2D eigenvalue weighted by atomic mass is 10.2. The Kier molecular flexibility index (Phi) is 4.22. The van der Waals surface area contributed by atoms with Gasteiger partial charge < -0.3 is 15.7 Å². The Morgan fingerprint density at radius 1 is 1.29 bits per heavy atom. The van der Waals surface area contributed by atoms with Crippen LogP contribution in [0.15, 0.2) is 36.9 Å². The van der Waals surface area contributed by atoms with Crippen LogP contribution < -0.4 is 15.2 Å². The summed E-state index contributed by atoms with van der Waals surface area (Å²) in [5, 5.41) is 15.1. The van der Waals surface area contributed by atoms with Crippen LogP contribution in [-0.4, -0.2) is 21.5 Å². The largest absolute Gasteiger partial charge is 0.504 e. The summed E-state index contributed by atoms with van der Waals surface area (Å²) >= 11 is 0. The van der Waals surface area contributed by atoms with Gasteiger partial charge in [0.05, 0.1) is 18.4 Å². The van der Waals surface area contributed by atoms with Crippen LogP contribution in [0.3, 0.4) is 0 Å². The first-order chi connectivity index (χ1) is 9.95. The number of anilines is 2. The van der Waals surface area contributed by atoms with E-state index in [1.165, 1.54) is 6.92 Å². The molecule has 3 N–H and O–H groups in total. The highest BCUT2D eigenvalue weighted by Gasteiger charge is 2.13. The molecule has 21 heavy (non-hydrogen) atoms. The van der Waals surface area contributed by atoms with Crippen LogP contribution >= 0.6 is 0 Å². The van der Waals surface area contributed by atoms with E-state index in [2.05, 4.69) is 10.6 Å². The first kappa shape index (κ1) is 14.6. The van der Waals surface area contributed by atoms with Gasteiger partial charge in [-0.1, -0.05) is 6.07 Å². The average molecular weight is 289 g/mol. The van der Waals surface area contributed by atoms with Crippen LogP contribution in [-0.2, 0) is 23.2 Å². The molecule has 0 unspecified atom stereocenters. The lowest BCUT2D eigenvalue weighted by molar-refractivity contribution is -0.671. The molecule has 0 atom stereocenters. The third-order valence-corrected chi connectivity index (χ3v) is 2.77. The Hall–Kier alpha value is -2.83. The SMILES string of the molecule is CC(=O)Nc1cccc(NC(=O)Cn2cc[n+](C)c2)c1O. The van der Waals surface area contributed by atoms with E-state index in [0.717, 1.165) is 0 Å². The van der Waals surface area contributed by atoms with Crippen molar-refractivity contribution in [2.75, 3.05) is 10.6 Å². The van der Waals surface area contributed by atoms with Gasteiger partial charge in [0.1, 0.15) is 12.4 Å². The quantitative estimate of drug-likeness (QED) is 0.569. The van der Waals surface area contributed by atoms with Gasteiger partial charge in [0.25, 0.3) is 5.91 Å². The summed E-state index contributed by atoms with van der Waals surface area (Å²) < 4.78 is 3.53. The van der Waals surface area contributed by atoms with Crippen LogP contribution in [0.5, 0.6) is 5.75 Å². The molecule has 1 aromatic carbocycles. The number of aromatic hydroxyl groups is 1. The Bertz CT molecular complexity index is 679. The molecule has 0 saturated heterocycles. The predicted octanol–water partition coefficient (Wildman–Crippen LogP) is 0.615. The van der Waals surface area contributed by atoms with Gasteiger partial charge >= 0.3 is 0 Å². The van der Waals surface area contributed by atoms with Gasteiger partial charge in [0.2, 0.25) is 12.2 Å². The third kappa shape index (κ3) is 3.82. The molecule has 0 aliphatic carbocycles. The normalized spacial score (nSPS) is 10.2. The van der Waals surface area contributed by atoms with Crippen molar-refractivity contribution in [1.29, 1.82) is 0 Å². The number of carbonyl (C=O) groups is 2. The zero-order valence-corrected chi connectivity index (χ0v) is 11.8. The number of phenols is 1. The van der Waals surface area contributed by atoms with Crippen molar-refractivity contribution in [2.24, 2.45) is 7.05 Å². The number of hydrogen-bond donors (Lipinski definition) is 3. The number of nitrogens with zero attached hydrogens (tertiary/aromatic N) is 2. The molecule has 0 fully saturated rings. The van der Waals surface area contributed by atoms with Crippen LogP contribution in [0, 0.1) is 0 Å². The van der Waals surface area contributed by atoms with Gasteiger partial charge in [-0.15, -0.1) is 0 Å². The van der Waals surface area contributed by atoms with Gasteiger partial charge in [-0.2, -0.15) is 0 Å². The van der Waals surface area contributed by atoms with Crippen molar-refractivity contribution in [2.45, 2.75) is 13.5 Å². The number of aryl methyl sites for hydroxylation is 1. The summed E-state index contributed by atoms with van der Waals surface area (Å²) in [7, 11) is 1.86. The molecule has 2 aromatic rings. The van der Waals surface area contributed by atoms with E-state index < -0.39 is 0 Å². The molecule has 0 aliphatic rings. The van der Waals surface area contributed by atoms with E-state index >= 15 is 0 Å². The molecule has 0 bridgehead atoms. The third-order valence-electron chi connectivity index (χ3n) is 2.77. The molecule has 7 nitrogen and oxygen atoms in total. The summed E-state index contributed by atoms with van der Waals surface area (Å²) in [5.41, 5.74) is 0.510. The molecular weight excluding hydrogens is 272 g/mol. The van der Waals surface area contributed by atoms with E-state index in [4.69, 9.17) is 0 Å². The Morgan fingerprint density at radius 2 is 1.95 bits per heavy atom. The minimum Gasteiger partial charge on any atom is -0.504 e. The molecule has 1 heterocycles. The fourth-order valence-corrected chi connectivity index (χ4v) is 1.89. The smallest absolute Gasteiger partial charge is 0.266 e. The maximum atomic E-state index is 11.9. The lowest BCUT2D eigenvalue weighted by Gasteiger charge is -2.10. The topological polar surface area (TPSA) is 87.2 Å². The number of nitrogens with one attached hydrogen (secondary N) is 2. The molecule has 1 aromatic heterocycles. The zero-order chi connectivity index (χ0) is 15.4. The van der Waals surface area contributed by atoms with Crippen LogP contribution in [0.4, 0.5) is 11.4 Å². The minimum atomic E-state index is -0.298. The molecule has 0 radical (unpaired) electrons. The fourth-order valence-electron chi connectivity index (χ4n) is 1.89. The lowest BCUT2D eigenvalue weighted by Crippen LogP contribution is -2.25. The number of rotatable bonds is 4. The van der Waals surface area contributed by atoms with E-state index in [-0.39, 0.29) is 35.5 Å². The Balaban J connectivity index is 2.08. The number of imidazole rings is 1. The Labute approximate surface area is 121 Å². The molecule has 110 valence electrons. The van der Waals surface area contributed by atoms with Crippen molar-refractivity contribution < 1.29 is 19.3 Å². The molecule has 0 spiro atoms. The van der Waals surface area contributed by atoms with Crippen LogP contribution in [0.25, 0.3) is 0 Å². The molecule has 7 heteroatoms. The van der Waals surface area contributed by atoms with E-state index in [0.29, 0.717) is 0 Å². The molecule has 0 saturated carbocycles. The summed E-state index contributed by atoms with van der Waals surface area (Å²) in [6, 6.07) is 4.75. The second-order valence-electron chi connectivity index (χ2n) is 4.68. The highest BCUT2D eigenvalue weighted by Crippen LogP contribution is 2.31. The van der Waals surface area contributed by atoms with Crippen molar-refractivity contribution in [1.82, 2.24) is 4.57 Å². The highest BCUT2D eigenvalue weighted by molar-refractivity contribution is 5.96. The summed E-state index contributed by atoms with van der Waals surface area (Å²) in [6.45, 7) is 1.47. The maximum absolute atomic E-state index is 11.9. The molecule has 0 aliphatic heterocycles. The molecule has 2 rings (SSSR count). The number of para-hydroxylation sites is 1. The number of carbonyl (C=O) groups excluding carboxylic acids is 2. The van der Waals surface area contributed by atoms with Gasteiger partial charge in [-0.3, -0.25) is 9.59 Å². The van der Waals surface area contributed by atoms with Crippen molar-refractivity contribution in [3.8, 4) is 5.75 Å². The average Bonchev–Trinajstić information content (AvgIpc) is 2.79. The van der Waals surface area contributed by atoms with Gasteiger partial charge in [-0.25, -0.2) is 9.13 Å². The number of benzene rings is 1. The first-order valence-corrected chi connectivity index (χ1v) is 6.36. The summed E-state index contributed by atoms with van der Waals surface area (Å²) in [6.07, 6.45) is 5.36. The molecular formula is C14H17N4O3+. The maximum Gasteiger partial charge on any atom is 0.266 e. The molecule has 2 amide bonds. The zero-order valence-electron chi connectivity index (χ0n) is 11.8. The standard InChI is InChI=1S/C14H16N4O3/c1-10(19)15-11-4-3-5-12(14(11)21)16-13(20)8-18-7-6-17(2)9-18/h3-7,9H,8H2,1-2H3,(H2-,15,16,19,20,21)/p+1. The van der Waals surface area contributed by atoms with E-state index in [1.807, 2.05) is 17.8 Å².